The fourth-order valence-electron chi connectivity index (χ4n) is 5.80. The number of para-hydroxylation sites is 2. The van der Waals surface area contributed by atoms with E-state index in [-0.39, 0.29) is 50.9 Å². The van der Waals surface area contributed by atoms with Gasteiger partial charge in [-0.1, -0.05) is 60.7 Å². The number of hydrogen-bond acceptors (Lipinski definition) is 4. The molecular weight excluding hydrogens is 594 g/mol. The highest BCUT2D eigenvalue weighted by molar-refractivity contribution is 7.59. The van der Waals surface area contributed by atoms with Gasteiger partial charge in [0.1, 0.15) is 23.1 Å². The van der Waals surface area contributed by atoms with E-state index >= 15 is 0 Å². The smallest absolute Gasteiger partial charge is 0.232 e. The molecule has 0 saturated heterocycles. The van der Waals surface area contributed by atoms with E-state index in [1.165, 1.54) is 12.1 Å². The summed E-state index contributed by atoms with van der Waals surface area (Å²) >= 11 is 0. The molecular formula is C35H34FN3O3S2. The molecule has 5 aromatic rings. The van der Waals surface area contributed by atoms with Gasteiger partial charge in [-0.3, -0.25) is 14.5 Å². The number of carbonyl (C=O) groups is 2. The van der Waals surface area contributed by atoms with Crippen molar-refractivity contribution in [3.05, 3.63) is 137 Å². The van der Waals surface area contributed by atoms with Gasteiger partial charge in [-0.05, 0) is 67.9 Å². The molecule has 0 unspecified atom stereocenters. The number of aromatic nitrogens is 2. The summed E-state index contributed by atoms with van der Waals surface area (Å²) in [6.45, 7) is 4.24. The predicted octanol–water partition coefficient (Wildman–Crippen LogP) is 7.73. The summed E-state index contributed by atoms with van der Waals surface area (Å²) in [5.41, 5.74) is 3.67. The first kappa shape index (κ1) is 32.6. The van der Waals surface area contributed by atoms with Crippen molar-refractivity contribution in [2.75, 3.05) is 11.4 Å². The minimum atomic E-state index is -0.707. The number of Topliss-reactive ketones (excluding diaryl/α,β-unsaturated/α-hetero) is 1. The number of carbonyl (C=O) groups excluding carboxylic acids is 2. The second-order valence-electron chi connectivity index (χ2n) is 10.4. The van der Waals surface area contributed by atoms with Crippen molar-refractivity contribution in [1.82, 2.24) is 9.78 Å². The summed E-state index contributed by atoms with van der Waals surface area (Å²) in [6, 6.07) is 32.2. The molecule has 1 aliphatic heterocycles. The number of benzene rings is 4. The second-order valence-corrected chi connectivity index (χ2v) is 10.4. The van der Waals surface area contributed by atoms with E-state index in [9.17, 15) is 14.0 Å². The Morgan fingerprint density at radius 2 is 1.50 bits per heavy atom. The first-order valence-electron chi connectivity index (χ1n) is 14.0. The molecule has 44 heavy (non-hydrogen) atoms. The summed E-state index contributed by atoms with van der Waals surface area (Å²) in [5.74, 6) is -0.0128. The van der Waals surface area contributed by atoms with Gasteiger partial charge in [0, 0.05) is 30.0 Å². The topological polar surface area (TPSA) is 64.4 Å². The standard InChI is InChI=1S/C35H30FN3O3.2H2S/c1-3-38-34-32(23(2)37-39(34)27-12-6-4-7-13-27)33(24-17-19-26(36)20-18-24)30(35(38)41)22-31(40)25-11-10-16-29(21-25)42-28-14-8-5-9-15-28;;/h4-21,30,33H,3,22H2,1-2H3;2*1H2/t30-,33+;;/m0../s1. The fraction of sp³-hybridized carbons (Fsp3) is 0.171. The van der Waals surface area contributed by atoms with Crippen LogP contribution in [-0.4, -0.2) is 28.0 Å². The largest absolute Gasteiger partial charge is 0.457 e. The van der Waals surface area contributed by atoms with Gasteiger partial charge in [0.2, 0.25) is 5.91 Å². The van der Waals surface area contributed by atoms with E-state index in [2.05, 4.69) is 0 Å². The summed E-state index contributed by atoms with van der Waals surface area (Å²) in [4.78, 5) is 29.8. The van der Waals surface area contributed by atoms with E-state index in [1.54, 1.807) is 46.0 Å². The van der Waals surface area contributed by atoms with Crippen LogP contribution in [0.2, 0.25) is 0 Å². The van der Waals surface area contributed by atoms with Gasteiger partial charge in [0.25, 0.3) is 0 Å². The number of amides is 1. The Morgan fingerprint density at radius 1 is 0.864 bits per heavy atom. The quantitative estimate of drug-likeness (QED) is 0.165. The lowest BCUT2D eigenvalue weighted by atomic mass is 9.74. The van der Waals surface area contributed by atoms with Gasteiger partial charge >= 0.3 is 0 Å². The summed E-state index contributed by atoms with van der Waals surface area (Å²) in [5, 5.41) is 4.86. The lowest BCUT2D eigenvalue weighted by Crippen LogP contribution is -2.45. The first-order chi connectivity index (χ1) is 20.4. The third-order valence-corrected chi connectivity index (χ3v) is 7.72. The molecule has 6 nitrogen and oxygen atoms in total. The van der Waals surface area contributed by atoms with Crippen LogP contribution in [0, 0.1) is 18.7 Å². The highest BCUT2D eigenvalue weighted by Crippen LogP contribution is 2.47. The third kappa shape index (κ3) is 6.30. The molecule has 0 bridgehead atoms. The van der Waals surface area contributed by atoms with Crippen molar-refractivity contribution < 1.29 is 18.7 Å². The van der Waals surface area contributed by atoms with Crippen molar-refractivity contribution in [3.8, 4) is 17.2 Å². The summed E-state index contributed by atoms with van der Waals surface area (Å²) in [6.07, 6.45) is -0.0262. The Bertz CT molecular complexity index is 1740. The Labute approximate surface area is 270 Å². The zero-order chi connectivity index (χ0) is 29.2. The zero-order valence-corrected chi connectivity index (χ0v) is 26.4. The molecule has 4 aromatic carbocycles. The van der Waals surface area contributed by atoms with Crippen LogP contribution in [0.3, 0.4) is 0 Å². The van der Waals surface area contributed by atoms with E-state index in [0.717, 1.165) is 22.5 Å². The van der Waals surface area contributed by atoms with Crippen molar-refractivity contribution >= 4 is 44.5 Å². The Balaban J connectivity index is 0.00000221. The van der Waals surface area contributed by atoms with Gasteiger partial charge in [-0.25, -0.2) is 9.07 Å². The van der Waals surface area contributed by atoms with Gasteiger partial charge in [-0.15, -0.1) is 0 Å². The number of ketones is 1. The lowest BCUT2D eigenvalue weighted by molar-refractivity contribution is -0.123. The number of rotatable bonds is 8. The van der Waals surface area contributed by atoms with Crippen molar-refractivity contribution in [3.63, 3.8) is 0 Å². The number of anilines is 1. The minimum absolute atomic E-state index is 0. The van der Waals surface area contributed by atoms with Crippen LogP contribution in [0.25, 0.3) is 5.69 Å². The zero-order valence-electron chi connectivity index (χ0n) is 24.4. The predicted molar refractivity (Wildman–Crippen MR) is 181 cm³/mol. The number of hydrogen-bond donors (Lipinski definition) is 0. The molecule has 6 rings (SSSR count). The summed E-state index contributed by atoms with van der Waals surface area (Å²) in [7, 11) is 0. The number of fused-ring (bicyclic) bond motifs is 1. The molecule has 0 radical (unpaired) electrons. The molecule has 0 spiro atoms. The van der Waals surface area contributed by atoms with Gasteiger partial charge < -0.3 is 4.74 Å². The molecule has 0 aliphatic carbocycles. The second kappa shape index (κ2) is 14.0. The van der Waals surface area contributed by atoms with Crippen LogP contribution in [0.1, 0.15) is 46.4 Å². The molecule has 1 aliphatic rings. The van der Waals surface area contributed by atoms with Crippen molar-refractivity contribution in [2.24, 2.45) is 5.92 Å². The van der Waals surface area contributed by atoms with Gasteiger partial charge in [-0.2, -0.15) is 32.1 Å². The maximum absolute atomic E-state index is 14.3. The van der Waals surface area contributed by atoms with E-state index in [4.69, 9.17) is 9.84 Å². The van der Waals surface area contributed by atoms with E-state index in [0.29, 0.717) is 29.4 Å². The maximum atomic E-state index is 14.3. The molecule has 2 atom stereocenters. The summed E-state index contributed by atoms with van der Waals surface area (Å²) < 4.78 is 21.8. The van der Waals surface area contributed by atoms with Crippen LogP contribution in [0.4, 0.5) is 10.2 Å². The normalized spacial score (nSPS) is 15.5. The average molecular weight is 628 g/mol. The van der Waals surface area contributed by atoms with Crippen molar-refractivity contribution in [2.45, 2.75) is 26.2 Å². The molecule has 2 heterocycles. The Morgan fingerprint density at radius 3 is 2.16 bits per heavy atom. The monoisotopic (exact) mass is 627 g/mol. The first-order valence-corrected chi connectivity index (χ1v) is 14.0. The van der Waals surface area contributed by atoms with Crippen LogP contribution < -0.4 is 9.64 Å². The third-order valence-electron chi connectivity index (χ3n) is 7.72. The number of ether oxygens (including phenoxy) is 1. The SMILES string of the molecule is CCN1C(=O)[C@@H](CC(=O)c2cccc(Oc3ccccc3)c2)[C@@H](c2ccc(F)cc2)c2c(C)nn(-c3ccccc3)c21.S.S. The maximum Gasteiger partial charge on any atom is 0.232 e. The Hall–Kier alpha value is -4.34. The molecule has 1 amide bonds. The average Bonchev–Trinajstić information content (AvgIpc) is 3.35. The molecule has 226 valence electrons. The van der Waals surface area contributed by atoms with Crippen LogP contribution in [0.15, 0.2) is 109 Å². The highest BCUT2D eigenvalue weighted by Gasteiger charge is 2.45. The highest BCUT2D eigenvalue weighted by atomic mass is 32.1. The molecule has 0 fully saturated rings. The Kier molecular flexibility index (Phi) is 10.3. The van der Waals surface area contributed by atoms with E-state index < -0.39 is 11.8 Å². The number of nitrogens with zero attached hydrogens (tertiary/aromatic N) is 3. The van der Waals surface area contributed by atoms with E-state index in [1.807, 2.05) is 74.5 Å². The number of halogens is 1. The van der Waals surface area contributed by atoms with Crippen LogP contribution >= 0.6 is 27.0 Å². The number of aryl methyl sites for hydroxylation is 1. The molecule has 1 aromatic heterocycles. The van der Waals surface area contributed by atoms with Crippen LogP contribution in [0.5, 0.6) is 11.5 Å². The van der Waals surface area contributed by atoms with Gasteiger partial charge in [0.15, 0.2) is 5.78 Å². The lowest BCUT2D eigenvalue weighted by Gasteiger charge is -2.38. The van der Waals surface area contributed by atoms with Crippen molar-refractivity contribution in [1.29, 1.82) is 0 Å². The minimum Gasteiger partial charge on any atom is -0.457 e. The fourth-order valence-corrected chi connectivity index (χ4v) is 5.80. The van der Waals surface area contributed by atoms with Crippen LogP contribution in [-0.2, 0) is 4.79 Å². The molecule has 0 N–H and O–H groups in total. The molecule has 9 heteroatoms. The molecule has 0 saturated carbocycles. The van der Waals surface area contributed by atoms with Gasteiger partial charge in [0.05, 0.1) is 17.3 Å².